The Bertz CT molecular complexity index is 989. The number of aromatic amines is 1. The number of ketones is 1. The van der Waals surface area contributed by atoms with Gasteiger partial charge in [-0.2, -0.15) is 5.10 Å². The summed E-state index contributed by atoms with van der Waals surface area (Å²) < 4.78 is 0. The Morgan fingerprint density at radius 2 is 2.27 bits per heavy atom. The number of thiazole rings is 1. The van der Waals surface area contributed by atoms with Crippen LogP contribution in [0.3, 0.4) is 0 Å². The third kappa shape index (κ3) is 2.59. The quantitative estimate of drug-likeness (QED) is 0.711. The molecule has 26 heavy (non-hydrogen) atoms. The van der Waals surface area contributed by atoms with Gasteiger partial charge in [0.05, 0.1) is 5.52 Å². The lowest BCUT2D eigenvalue weighted by molar-refractivity contribution is 0.0927. The first-order valence-electron chi connectivity index (χ1n) is 9.23. The Hall–Kier alpha value is -2.05. The average Bonchev–Trinajstić information content (AvgIpc) is 3.37. The standard InChI is InChI=1S/C20H22N4OS/c1-11-9-21-20(26-11)12-3-4-17-16(7-12)19(23-22-17)18(25)8-13-5-15-6-14(13)10-24(15)2/h3-4,7,9,13-15H,5-6,8,10H2,1-2H3,(H,22,23). The molecule has 0 amide bonds. The van der Waals surface area contributed by atoms with Gasteiger partial charge in [0.15, 0.2) is 5.78 Å². The molecule has 2 aliphatic rings. The van der Waals surface area contributed by atoms with Gasteiger partial charge >= 0.3 is 0 Å². The lowest BCUT2D eigenvalue weighted by atomic mass is 9.88. The van der Waals surface area contributed by atoms with E-state index in [-0.39, 0.29) is 5.78 Å². The van der Waals surface area contributed by atoms with Gasteiger partial charge in [-0.15, -0.1) is 11.3 Å². The van der Waals surface area contributed by atoms with Crippen LogP contribution in [0, 0.1) is 18.8 Å². The number of fused-ring (bicyclic) bond motifs is 3. The molecular formula is C20H22N4OS. The number of rotatable bonds is 4. The lowest BCUT2D eigenvalue weighted by Gasteiger charge is -2.27. The van der Waals surface area contributed by atoms with Gasteiger partial charge < -0.3 is 4.90 Å². The summed E-state index contributed by atoms with van der Waals surface area (Å²) in [6.45, 7) is 3.19. The first-order chi connectivity index (χ1) is 12.6. The Morgan fingerprint density at radius 3 is 2.96 bits per heavy atom. The van der Waals surface area contributed by atoms with Crippen molar-refractivity contribution in [2.75, 3.05) is 13.6 Å². The number of hydrogen-bond donors (Lipinski definition) is 1. The van der Waals surface area contributed by atoms with Crippen LogP contribution < -0.4 is 0 Å². The van der Waals surface area contributed by atoms with Crippen molar-refractivity contribution in [3.05, 3.63) is 35.0 Å². The van der Waals surface area contributed by atoms with Crippen molar-refractivity contribution in [3.8, 4) is 10.6 Å². The van der Waals surface area contributed by atoms with E-state index < -0.39 is 0 Å². The molecule has 3 aromatic rings. The van der Waals surface area contributed by atoms with Crippen LogP contribution in [-0.4, -0.2) is 45.5 Å². The maximum atomic E-state index is 13.0. The number of aryl methyl sites for hydroxylation is 1. The second-order valence-corrected chi connectivity index (χ2v) is 9.06. The molecular weight excluding hydrogens is 344 g/mol. The zero-order valence-electron chi connectivity index (χ0n) is 15.0. The van der Waals surface area contributed by atoms with Gasteiger partial charge in [0, 0.05) is 41.0 Å². The fourth-order valence-electron chi connectivity index (χ4n) is 4.72. The topological polar surface area (TPSA) is 61.9 Å². The molecule has 5 nitrogen and oxygen atoms in total. The molecule has 1 saturated heterocycles. The largest absolute Gasteiger partial charge is 0.303 e. The molecule has 2 aromatic heterocycles. The molecule has 5 rings (SSSR count). The highest BCUT2D eigenvalue weighted by atomic mass is 32.1. The first-order valence-corrected chi connectivity index (χ1v) is 10.0. The van der Waals surface area contributed by atoms with Gasteiger partial charge in [-0.3, -0.25) is 9.89 Å². The number of nitrogens with zero attached hydrogens (tertiary/aromatic N) is 3. The van der Waals surface area contributed by atoms with Crippen molar-refractivity contribution < 1.29 is 4.79 Å². The summed E-state index contributed by atoms with van der Waals surface area (Å²) in [4.78, 5) is 21.1. The van der Waals surface area contributed by atoms with Crippen molar-refractivity contribution in [3.63, 3.8) is 0 Å². The minimum Gasteiger partial charge on any atom is -0.303 e. The van der Waals surface area contributed by atoms with Gasteiger partial charge in [-0.1, -0.05) is 0 Å². The second-order valence-electron chi connectivity index (χ2n) is 7.82. The predicted molar refractivity (Wildman–Crippen MR) is 104 cm³/mol. The van der Waals surface area contributed by atoms with E-state index in [2.05, 4.69) is 40.1 Å². The van der Waals surface area contributed by atoms with Crippen LogP contribution in [0.1, 0.15) is 34.6 Å². The number of carbonyl (C=O) groups is 1. The van der Waals surface area contributed by atoms with E-state index in [1.807, 2.05) is 18.3 Å². The van der Waals surface area contributed by atoms with E-state index in [1.165, 1.54) is 11.3 Å². The molecule has 1 aromatic carbocycles. The van der Waals surface area contributed by atoms with E-state index in [0.717, 1.165) is 34.4 Å². The van der Waals surface area contributed by atoms with Crippen molar-refractivity contribution in [1.29, 1.82) is 0 Å². The van der Waals surface area contributed by atoms with E-state index in [0.29, 0.717) is 30.0 Å². The number of benzene rings is 1. The SMILES string of the molecule is Cc1cnc(-c2ccc3[nH]nc(C(=O)CC4CC5CC4CN5C)c3c2)s1. The van der Waals surface area contributed by atoms with Gasteiger partial charge in [0.1, 0.15) is 10.7 Å². The monoisotopic (exact) mass is 366 g/mol. The van der Waals surface area contributed by atoms with Crippen LogP contribution in [0.25, 0.3) is 21.5 Å². The Kier molecular flexibility index (Phi) is 3.72. The van der Waals surface area contributed by atoms with E-state index >= 15 is 0 Å². The molecule has 1 aliphatic carbocycles. The fourth-order valence-corrected chi connectivity index (χ4v) is 5.48. The number of aromatic nitrogens is 3. The molecule has 1 saturated carbocycles. The number of piperidine rings is 1. The molecule has 6 heteroatoms. The van der Waals surface area contributed by atoms with Crippen LogP contribution in [0.4, 0.5) is 0 Å². The zero-order chi connectivity index (χ0) is 17.8. The molecule has 0 radical (unpaired) electrons. The summed E-state index contributed by atoms with van der Waals surface area (Å²) in [5, 5.41) is 9.28. The van der Waals surface area contributed by atoms with E-state index in [9.17, 15) is 4.79 Å². The summed E-state index contributed by atoms with van der Waals surface area (Å²) in [6, 6.07) is 6.77. The summed E-state index contributed by atoms with van der Waals surface area (Å²) in [7, 11) is 2.20. The molecule has 134 valence electrons. The third-order valence-electron chi connectivity index (χ3n) is 6.10. The average molecular weight is 366 g/mol. The molecule has 2 bridgehead atoms. The third-order valence-corrected chi connectivity index (χ3v) is 7.07. The number of H-pyrrole nitrogens is 1. The van der Waals surface area contributed by atoms with Crippen molar-refractivity contribution in [1.82, 2.24) is 20.1 Å². The van der Waals surface area contributed by atoms with Gasteiger partial charge in [-0.05, 0) is 56.8 Å². The molecule has 1 N–H and O–H groups in total. The molecule has 1 aliphatic heterocycles. The van der Waals surface area contributed by atoms with E-state index in [1.54, 1.807) is 11.3 Å². The summed E-state index contributed by atoms with van der Waals surface area (Å²) in [5.41, 5.74) is 2.55. The number of carbonyl (C=O) groups excluding carboxylic acids is 1. The van der Waals surface area contributed by atoms with Crippen LogP contribution in [-0.2, 0) is 0 Å². The molecule has 0 spiro atoms. The Balaban J connectivity index is 1.42. The molecule has 3 heterocycles. The van der Waals surface area contributed by atoms with Crippen molar-refractivity contribution in [2.24, 2.45) is 11.8 Å². The Labute approximate surface area is 156 Å². The van der Waals surface area contributed by atoms with Gasteiger partial charge in [-0.25, -0.2) is 4.98 Å². The number of likely N-dealkylation sites (tertiary alicyclic amines) is 1. The first kappa shape index (κ1) is 16.1. The number of hydrogen-bond acceptors (Lipinski definition) is 5. The van der Waals surface area contributed by atoms with E-state index in [4.69, 9.17) is 0 Å². The maximum Gasteiger partial charge on any atom is 0.183 e. The number of nitrogens with one attached hydrogen (secondary N) is 1. The highest BCUT2D eigenvalue weighted by Crippen LogP contribution is 2.43. The lowest BCUT2D eigenvalue weighted by Crippen LogP contribution is -2.32. The summed E-state index contributed by atoms with van der Waals surface area (Å²) in [6.07, 6.45) is 4.91. The van der Waals surface area contributed by atoms with Crippen LogP contribution in [0.5, 0.6) is 0 Å². The normalized spacial score (nSPS) is 25.4. The highest BCUT2D eigenvalue weighted by Gasteiger charge is 2.43. The summed E-state index contributed by atoms with van der Waals surface area (Å²) >= 11 is 1.67. The minimum atomic E-state index is 0.170. The smallest absolute Gasteiger partial charge is 0.183 e. The minimum absolute atomic E-state index is 0.170. The predicted octanol–water partition coefficient (Wildman–Crippen LogP) is 3.91. The van der Waals surface area contributed by atoms with Gasteiger partial charge in [0.25, 0.3) is 0 Å². The fraction of sp³-hybridized carbons (Fsp3) is 0.450. The molecule has 2 fully saturated rings. The molecule has 3 unspecified atom stereocenters. The maximum absolute atomic E-state index is 13.0. The van der Waals surface area contributed by atoms with Crippen LogP contribution in [0.15, 0.2) is 24.4 Å². The van der Waals surface area contributed by atoms with Gasteiger partial charge in [0.2, 0.25) is 0 Å². The van der Waals surface area contributed by atoms with Crippen LogP contribution in [0.2, 0.25) is 0 Å². The highest BCUT2D eigenvalue weighted by molar-refractivity contribution is 7.14. The van der Waals surface area contributed by atoms with Crippen molar-refractivity contribution >= 4 is 28.0 Å². The van der Waals surface area contributed by atoms with Crippen LogP contribution >= 0.6 is 11.3 Å². The zero-order valence-corrected chi connectivity index (χ0v) is 15.8. The Morgan fingerprint density at radius 1 is 1.38 bits per heavy atom. The second kappa shape index (κ2) is 5.99. The summed E-state index contributed by atoms with van der Waals surface area (Å²) in [5.74, 6) is 1.36. The van der Waals surface area contributed by atoms with Crippen molar-refractivity contribution in [2.45, 2.75) is 32.2 Å². The number of Topliss-reactive ketones (excluding diaryl/α,β-unsaturated/α-hetero) is 1. The molecule has 3 atom stereocenters.